The number of rotatable bonds is 6. The number of carboxylic acids is 1. The fraction of sp³-hybridized carbons (Fsp3) is 0.267. The molecule has 23 heavy (non-hydrogen) atoms. The number of carbonyl (C=O) groups is 2. The Morgan fingerprint density at radius 1 is 1.35 bits per heavy atom. The van der Waals surface area contributed by atoms with E-state index in [1.54, 1.807) is 13.0 Å². The maximum Gasteiger partial charge on any atom is 0.326 e. The zero-order valence-corrected chi connectivity index (χ0v) is 12.9. The number of thiophene rings is 1. The first-order valence-electron chi connectivity index (χ1n) is 6.72. The second-order valence-electron chi connectivity index (χ2n) is 4.80. The van der Waals surface area contributed by atoms with Gasteiger partial charge in [0, 0.05) is 6.42 Å². The molecule has 0 radical (unpaired) electrons. The first-order chi connectivity index (χ1) is 10.9. The molecule has 0 saturated carbocycles. The highest BCUT2D eigenvalue weighted by Crippen LogP contribution is 2.23. The largest absolute Gasteiger partial charge is 0.480 e. The van der Waals surface area contributed by atoms with Crippen LogP contribution in [0.15, 0.2) is 29.6 Å². The number of aryl methyl sites for hydroxylation is 1. The Bertz CT molecular complexity index is 705. The van der Waals surface area contributed by atoms with Crippen molar-refractivity contribution >= 4 is 23.2 Å². The van der Waals surface area contributed by atoms with Crippen LogP contribution in [0.5, 0.6) is 0 Å². The van der Waals surface area contributed by atoms with E-state index in [9.17, 15) is 18.4 Å². The number of carboxylic acid groups (broad SMARTS) is 1. The Kier molecular flexibility index (Phi) is 5.38. The number of halogens is 2. The van der Waals surface area contributed by atoms with Gasteiger partial charge in [0.25, 0.3) is 5.91 Å². The van der Waals surface area contributed by atoms with Crippen molar-refractivity contribution in [2.75, 3.05) is 0 Å². The number of alkyl halides is 2. The number of hydrogen-bond acceptors (Lipinski definition) is 4. The van der Waals surface area contributed by atoms with Gasteiger partial charge in [-0.1, -0.05) is 6.07 Å². The molecule has 2 rings (SSSR count). The van der Waals surface area contributed by atoms with Crippen molar-refractivity contribution < 1.29 is 23.5 Å². The van der Waals surface area contributed by atoms with E-state index < -0.39 is 30.8 Å². The number of nitrogens with one attached hydrogen (secondary N) is 1. The lowest BCUT2D eigenvalue weighted by Crippen LogP contribution is -2.42. The smallest absolute Gasteiger partial charge is 0.326 e. The van der Waals surface area contributed by atoms with Gasteiger partial charge in [-0.25, -0.2) is 13.6 Å². The SMILES string of the molecule is Cc1nc(-c2cccs2)ccc1C(=O)NC(CC(F)F)C(=O)O. The van der Waals surface area contributed by atoms with Crippen LogP contribution in [-0.2, 0) is 4.79 Å². The number of carbonyl (C=O) groups excluding carboxylic acids is 1. The number of aliphatic carboxylic acids is 1. The third-order valence-corrected chi connectivity index (χ3v) is 4.01. The van der Waals surface area contributed by atoms with Gasteiger partial charge in [-0.3, -0.25) is 9.78 Å². The maximum absolute atomic E-state index is 12.4. The van der Waals surface area contributed by atoms with Crippen molar-refractivity contribution in [2.45, 2.75) is 25.8 Å². The zero-order chi connectivity index (χ0) is 17.0. The molecule has 2 aromatic rings. The summed E-state index contributed by atoms with van der Waals surface area (Å²) in [7, 11) is 0. The lowest BCUT2D eigenvalue weighted by atomic mass is 10.1. The van der Waals surface area contributed by atoms with E-state index in [2.05, 4.69) is 10.3 Å². The van der Waals surface area contributed by atoms with Crippen molar-refractivity contribution in [3.63, 3.8) is 0 Å². The quantitative estimate of drug-likeness (QED) is 0.847. The molecule has 0 aliphatic heterocycles. The van der Waals surface area contributed by atoms with Crippen molar-refractivity contribution in [2.24, 2.45) is 0 Å². The van der Waals surface area contributed by atoms with Crippen molar-refractivity contribution in [3.05, 3.63) is 40.9 Å². The van der Waals surface area contributed by atoms with Gasteiger partial charge in [0.15, 0.2) is 0 Å². The second kappa shape index (κ2) is 7.28. The maximum atomic E-state index is 12.4. The first-order valence-corrected chi connectivity index (χ1v) is 7.59. The van der Waals surface area contributed by atoms with Crippen LogP contribution in [0.1, 0.15) is 22.5 Å². The van der Waals surface area contributed by atoms with Crippen LogP contribution in [0.2, 0.25) is 0 Å². The van der Waals surface area contributed by atoms with Crippen molar-refractivity contribution in [1.82, 2.24) is 10.3 Å². The van der Waals surface area contributed by atoms with Crippen molar-refractivity contribution in [3.8, 4) is 10.6 Å². The Morgan fingerprint density at radius 2 is 2.09 bits per heavy atom. The Morgan fingerprint density at radius 3 is 2.61 bits per heavy atom. The lowest BCUT2D eigenvalue weighted by molar-refractivity contribution is -0.140. The predicted octanol–water partition coefficient (Wildman–Crippen LogP) is 2.96. The molecule has 0 aliphatic carbocycles. The van der Waals surface area contributed by atoms with E-state index >= 15 is 0 Å². The molecule has 8 heteroatoms. The standard InChI is InChI=1S/C15H14F2N2O3S/c1-8-9(4-5-10(18-8)12-3-2-6-23-12)14(20)19-11(15(21)22)7-13(16)17/h2-6,11,13H,7H2,1H3,(H,19,20)(H,21,22). The van der Waals surface area contributed by atoms with Crippen LogP contribution in [-0.4, -0.2) is 34.4 Å². The Balaban J connectivity index is 2.17. The average molecular weight is 340 g/mol. The summed E-state index contributed by atoms with van der Waals surface area (Å²) in [4.78, 5) is 28.3. The molecule has 1 atom stereocenters. The van der Waals surface area contributed by atoms with E-state index in [1.807, 2.05) is 17.5 Å². The summed E-state index contributed by atoms with van der Waals surface area (Å²) in [6.45, 7) is 1.61. The third kappa shape index (κ3) is 4.32. The van der Waals surface area contributed by atoms with Crippen LogP contribution >= 0.6 is 11.3 Å². The number of pyridine rings is 1. The summed E-state index contributed by atoms with van der Waals surface area (Å²) in [6, 6.07) is 5.26. The molecule has 2 N–H and O–H groups in total. The molecule has 0 bridgehead atoms. The van der Waals surface area contributed by atoms with E-state index in [4.69, 9.17) is 5.11 Å². The van der Waals surface area contributed by atoms with Crippen molar-refractivity contribution in [1.29, 1.82) is 0 Å². The van der Waals surface area contributed by atoms with Crippen LogP contribution in [0.3, 0.4) is 0 Å². The number of hydrogen-bond donors (Lipinski definition) is 2. The van der Waals surface area contributed by atoms with Gasteiger partial charge < -0.3 is 10.4 Å². The van der Waals surface area contributed by atoms with Gasteiger partial charge in [-0.2, -0.15) is 0 Å². The monoisotopic (exact) mass is 340 g/mol. The van der Waals surface area contributed by atoms with E-state index in [0.717, 1.165) is 4.88 Å². The number of amides is 1. The molecule has 0 spiro atoms. The van der Waals surface area contributed by atoms with E-state index in [-0.39, 0.29) is 5.56 Å². The van der Waals surface area contributed by atoms with Gasteiger partial charge in [0.2, 0.25) is 6.43 Å². The fourth-order valence-corrected chi connectivity index (χ4v) is 2.69. The minimum absolute atomic E-state index is 0.158. The minimum atomic E-state index is -2.82. The highest BCUT2D eigenvalue weighted by Gasteiger charge is 2.25. The summed E-state index contributed by atoms with van der Waals surface area (Å²) in [5, 5.41) is 12.9. The fourth-order valence-electron chi connectivity index (χ4n) is 2.00. The van der Waals surface area contributed by atoms with Crippen LogP contribution in [0, 0.1) is 6.92 Å². The van der Waals surface area contributed by atoms with Gasteiger partial charge in [0.05, 0.1) is 21.8 Å². The Labute approximate surface area is 135 Å². The molecule has 2 heterocycles. The molecule has 5 nitrogen and oxygen atoms in total. The lowest BCUT2D eigenvalue weighted by Gasteiger charge is -2.15. The summed E-state index contributed by atoms with van der Waals surface area (Å²) in [5.74, 6) is -2.24. The molecule has 0 aliphatic rings. The molecular formula is C15H14F2N2O3S. The van der Waals surface area contributed by atoms with Gasteiger partial charge in [-0.15, -0.1) is 11.3 Å². The molecule has 2 aromatic heterocycles. The average Bonchev–Trinajstić information content (AvgIpc) is 2.99. The molecule has 1 unspecified atom stereocenters. The van der Waals surface area contributed by atoms with Crippen LogP contribution in [0.4, 0.5) is 8.78 Å². The zero-order valence-electron chi connectivity index (χ0n) is 12.1. The molecule has 0 fully saturated rings. The van der Waals surface area contributed by atoms with E-state index in [0.29, 0.717) is 11.4 Å². The first kappa shape index (κ1) is 17.0. The molecule has 122 valence electrons. The topological polar surface area (TPSA) is 79.3 Å². The van der Waals surface area contributed by atoms with Gasteiger partial charge in [-0.05, 0) is 30.5 Å². The summed E-state index contributed by atoms with van der Waals surface area (Å²) >= 11 is 1.50. The highest BCUT2D eigenvalue weighted by atomic mass is 32.1. The number of nitrogens with zero attached hydrogens (tertiary/aromatic N) is 1. The van der Waals surface area contributed by atoms with Crippen LogP contribution in [0.25, 0.3) is 10.6 Å². The summed E-state index contributed by atoms with van der Waals surface area (Å²) in [5.41, 5.74) is 1.25. The molecule has 0 saturated heterocycles. The highest BCUT2D eigenvalue weighted by molar-refractivity contribution is 7.13. The van der Waals surface area contributed by atoms with E-state index in [1.165, 1.54) is 17.4 Å². The summed E-state index contributed by atoms with van der Waals surface area (Å²) in [6.07, 6.45) is -3.77. The molecule has 0 aromatic carbocycles. The van der Waals surface area contributed by atoms with Crippen LogP contribution < -0.4 is 5.32 Å². The predicted molar refractivity (Wildman–Crippen MR) is 81.8 cm³/mol. The van der Waals surface area contributed by atoms with Gasteiger partial charge >= 0.3 is 5.97 Å². The van der Waals surface area contributed by atoms with Gasteiger partial charge in [0.1, 0.15) is 6.04 Å². The number of aromatic nitrogens is 1. The minimum Gasteiger partial charge on any atom is -0.480 e. The normalized spacial score (nSPS) is 12.2. The third-order valence-electron chi connectivity index (χ3n) is 3.12. The second-order valence-corrected chi connectivity index (χ2v) is 5.75. The molecular weight excluding hydrogens is 326 g/mol. The molecule has 1 amide bonds. The summed E-state index contributed by atoms with van der Waals surface area (Å²) < 4.78 is 24.7. The Hall–Kier alpha value is -2.35.